The van der Waals surface area contributed by atoms with E-state index in [0.717, 1.165) is 0 Å². The summed E-state index contributed by atoms with van der Waals surface area (Å²) in [6.07, 6.45) is 11.8. The second-order valence-electron chi connectivity index (χ2n) is 3.75. The average Bonchev–Trinajstić information content (AvgIpc) is 3.02. The van der Waals surface area contributed by atoms with Gasteiger partial charge < -0.3 is 24.0 Å². The summed E-state index contributed by atoms with van der Waals surface area (Å²) in [5.74, 6) is 0. The third-order valence-electron chi connectivity index (χ3n) is 2.72. The van der Waals surface area contributed by atoms with E-state index in [4.69, 9.17) is 0 Å². The Bertz CT molecular complexity index is 456. The van der Waals surface area contributed by atoms with Crippen molar-refractivity contribution in [1.82, 2.24) is 13.8 Å². The molecule has 0 aromatic carbocycles. The summed E-state index contributed by atoms with van der Waals surface area (Å²) < 4.78 is 6.19. The minimum Gasteiger partial charge on any atom is -1.00 e. The summed E-state index contributed by atoms with van der Waals surface area (Å²) in [4.78, 5) is 0. The number of aromatic amines is 3. The van der Waals surface area contributed by atoms with Crippen LogP contribution in [0.4, 0.5) is 0 Å². The van der Waals surface area contributed by atoms with Crippen LogP contribution >= 0.6 is 0 Å². The first-order chi connectivity index (χ1) is 7.95. The Kier molecular flexibility index (Phi) is 5.30. The van der Waals surface area contributed by atoms with E-state index in [0.29, 0.717) is 0 Å². The Balaban J connectivity index is 0.000000810. The molecule has 0 amide bonds. The Labute approximate surface area is 125 Å². The number of rotatable bonds is 3. The second-order valence-corrected chi connectivity index (χ2v) is 3.75. The number of hydrogen-bond acceptors (Lipinski definition) is 0. The summed E-state index contributed by atoms with van der Waals surface area (Å²) >= 11 is 0. The first-order valence-electron chi connectivity index (χ1n) is 5.26. The van der Waals surface area contributed by atoms with Gasteiger partial charge in [0.1, 0.15) is 0 Å². The van der Waals surface area contributed by atoms with Gasteiger partial charge >= 0.3 is 17.2 Å². The molecule has 18 heavy (non-hydrogen) atoms. The molecule has 0 aliphatic carbocycles. The quantitative estimate of drug-likeness (QED) is 0.335. The van der Waals surface area contributed by atoms with Gasteiger partial charge in [0.15, 0.2) is 18.6 Å². The van der Waals surface area contributed by atoms with E-state index in [2.05, 4.69) is 29.1 Å². The van der Waals surface area contributed by atoms with Crippen LogP contribution in [-0.2, 0) is 0 Å². The fourth-order valence-electron chi connectivity index (χ4n) is 2.01. The molecule has 88 valence electrons. The topological polar surface area (TPSA) is 57.2 Å². The monoisotopic (exact) mass is 352 g/mol. The Hall–Kier alpha value is -1.41. The number of nitrogens with one attached hydrogen (secondary N) is 3. The fraction of sp³-hybridized carbons (Fsp3) is 0. The molecule has 9 heteroatoms. The average molecular weight is 352 g/mol. The predicted molar refractivity (Wildman–Crippen MR) is 62.1 cm³/mol. The van der Waals surface area contributed by atoms with Crippen LogP contribution in [0.1, 0.15) is 0 Å². The van der Waals surface area contributed by atoms with Crippen molar-refractivity contribution in [3.63, 3.8) is 0 Å². The molecule has 0 radical (unpaired) electrons. The van der Waals surface area contributed by atoms with Crippen LogP contribution in [0.5, 0.6) is 0 Å². The zero-order valence-electron chi connectivity index (χ0n) is 9.83. The normalized spacial score (nSPS) is 9.83. The molecule has 0 fully saturated rings. The summed E-state index contributed by atoms with van der Waals surface area (Å²) in [5.41, 5.74) is 0. The summed E-state index contributed by atoms with van der Waals surface area (Å²) in [5, 5.41) is 9.56. The molecule has 0 saturated carbocycles. The zero-order chi connectivity index (χ0) is 10.8. The van der Waals surface area contributed by atoms with Crippen LogP contribution < -0.4 is 39.3 Å². The molecule has 3 aromatic heterocycles. The van der Waals surface area contributed by atoms with Gasteiger partial charge in [0.05, 0.1) is 0 Å². The Morgan fingerprint density at radius 1 is 0.667 bits per heavy atom. The molecule has 0 bridgehead atoms. The van der Waals surface area contributed by atoms with E-state index in [9.17, 15) is 0 Å². The standard InChI is InChI=1S/C9H10BN6.Be.HI/c1-4-11-14(7-1)10(15-8-2-5-12-15)16-9-3-6-13-16;;/h1-10H;;1H/q-1;+2;/p+2. The molecule has 6 nitrogen and oxygen atoms in total. The van der Waals surface area contributed by atoms with Crippen molar-refractivity contribution in [3.05, 3.63) is 55.4 Å². The van der Waals surface area contributed by atoms with Crippen LogP contribution in [0.15, 0.2) is 55.4 Å². The zero-order valence-corrected chi connectivity index (χ0v) is 12.0. The molecule has 0 saturated heterocycles. The molecule has 0 aliphatic heterocycles. The summed E-state index contributed by atoms with van der Waals surface area (Å²) in [6, 6.07) is 5.94. The van der Waals surface area contributed by atoms with Gasteiger partial charge in [-0.05, 0) is 0 Å². The molecular weight excluding hydrogens is 339 g/mol. The molecule has 0 unspecified atom stereocenters. The second kappa shape index (κ2) is 6.51. The van der Waals surface area contributed by atoms with E-state index in [1.807, 2.05) is 55.4 Å². The molecule has 0 spiro atoms. The maximum atomic E-state index is 3.19. The smallest absolute Gasteiger partial charge is 1.00 e. The first kappa shape index (κ1) is 14.7. The van der Waals surface area contributed by atoms with Crippen molar-refractivity contribution >= 4 is 17.2 Å². The van der Waals surface area contributed by atoms with Gasteiger partial charge in [-0.3, -0.25) is 13.8 Å². The number of aromatic nitrogens is 6. The minimum atomic E-state index is -0.958. The van der Waals surface area contributed by atoms with Crippen LogP contribution in [0.25, 0.3) is 0 Å². The molecular formula is C9H13BBeIN6+3. The van der Waals surface area contributed by atoms with Gasteiger partial charge in [0.25, 0.3) is 0 Å². The minimum absolute atomic E-state index is 0. The third kappa shape index (κ3) is 2.70. The van der Waals surface area contributed by atoms with Crippen molar-refractivity contribution in [1.29, 1.82) is 0 Å². The van der Waals surface area contributed by atoms with Gasteiger partial charge in [-0.2, -0.15) is 15.3 Å². The first-order valence-corrected chi connectivity index (χ1v) is 5.26. The summed E-state index contributed by atoms with van der Waals surface area (Å²) in [7, 11) is -0.958. The maximum Gasteiger partial charge on any atom is 2.00 e. The SMILES string of the molecule is [Be+2].[I-].c1c[nH+]n([BH-](n2ccc[nH+]2)n2ccc[nH+]2)c1. The number of hydrogen-bond donors (Lipinski definition) is 0. The molecule has 3 heterocycles. The van der Waals surface area contributed by atoms with Crippen LogP contribution in [-0.4, -0.2) is 31.0 Å². The van der Waals surface area contributed by atoms with Crippen LogP contribution in [0.3, 0.4) is 0 Å². The molecule has 3 N–H and O–H groups in total. The van der Waals surface area contributed by atoms with E-state index in [1.165, 1.54) is 0 Å². The van der Waals surface area contributed by atoms with E-state index in [-0.39, 0.29) is 34.1 Å². The van der Waals surface area contributed by atoms with E-state index in [1.54, 1.807) is 0 Å². The van der Waals surface area contributed by atoms with Crippen molar-refractivity contribution in [3.8, 4) is 0 Å². The van der Waals surface area contributed by atoms with Crippen LogP contribution in [0, 0.1) is 0 Å². The third-order valence-corrected chi connectivity index (χ3v) is 2.72. The van der Waals surface area contributed by atoms with E-state index >= 15 is 0 Å². The van der Waals surface area contributed by atoms with E-state index < -0.39 is 7.12 Å². The number of halogens is 1. The molecule has 0 atom stereocenters. The van der Waals surface area contributed by atoms with Crippen molar-refractivity contribution in [2.24, 2.45) is 0 Å². The van der Waals surface area contributed by atoms with Crippen molar-refractivity contribution in [2.75, 3.05) is 0 Å². The predicted octanol–water partition coefficient (Wildman–Crippen LogP) is -5.18. The van der Waals surface area contributed by atoms with Crippen molar-refractivity contribution in [2.45, 2.75) is 0 Å². The van der Waals surface area contributed by atoms with Gasteiger partial charge in [0, 0.05) is 36.8 Å². The fourth-order valence-corrected chi connectivity index (χ4v) is 2.01. The molecule has 0 aliphatic rings. The Morgan fingerprint density at radius 2 is 1.00 bits per heavy atom. The largest absolute Gasteiger partial charge is 2.00 e. The van der Waals surface area contributed by atoms with Gasteiger partial charge in [-0.25, -0.2) is 0 Å². The molecule has 3 rings (SSSR count). The van der Waals surface area contributed by atoms with Crippen molar-refractivity contribution < 1.29 is 39.3 Å². The van der Waals surface area contributed by atoms with Gasteiger partial charge in [-0.15, -0.1) is 0 Å². The maximum absolute atomic E-state index is 3.19. The number of H-pyrrole nitrogens is 3. The molecule has 3 aromatic rings. The number of nitrogens with zero attached hydrogens (tertiary/aromatic N) is 3. The van der Waals surface area contributed by atoms with Gasteiger partial charge in [0.2, 0.25) is 0 Å². The Morgan fingerprint density at radius 3 is 1.22 bits per heavy atom. The summed E-state index contributed by atoms with van der Waals surface area (Å²) in [6.45, 7) is 0. The van der Waals surface area contributed by atoms with Crippen LogP contribution in [0.2, 0.25) is 0 Å². The van der Waals surface area contributed by atoms with Gasteiger partial charge in [-0.1, -0.05) is 0 Å².